The predicted octanol–water partition coefficient (Wildman–Crippen LogP) is 3.86. The first-order valence-electron chi connectivity index (χ1n) is 8.30. The minimum Gasteiger partial charge on any atom is -0.370 e. The topological polar surface area (TPSA) is 38.2 Å². The molecule has 0 bridgehead atoms. The highest BCUT2D eigenvalue weighted by Crippen LogP contribution is 2.26. The lowest BCUT2D eigenvalue weighted by Gasteiger charge is -2.34. The fourth-order valence-corrected chi connectivity index (χ4v) is 3.02. The number of rotatable bonds is 3. The van der Waals surface area contributed by atoms with Crippen molar-refractivity contribution in [2.75, 3.05) is 24.6 Å². The number of nitrogens with zero attached hydrogens (tertiary/aromatic N) is 3. The molecule has 0 N–H and O–H groups in total. The monoisotopic (exact) mass is 335 g/mol. The van der Waals surface area contributed by atoms with E-state index in [1.54, 1.807) is 12.3 Å². The molecule has 5 heteroatoms. The summed E-state index contributed by atoms with van der Waals surface area (Å²) >= 11 is 0. The van der Waals surface area contributed by atoms with Gasteiger partial charge >= 0.3 is 0 Å². The number of morpholine rings is 1. The maximum atomic E-state index is 13.5. The molecular formula is C20H18FN3O. The molecular weight excluding hydrogens is 317 g/mol. The van der Waals surface area contributed by atoms with Gasteiger partial charge in [-0.15, -0.1) is 0 Å². The molecule has 1 aromatic heterocycles. The molecule has 1 saturated heterocycles. The predicted molar refractivity (Wildman–Crippen MR) is 94.8 cm³/mol. The van der Waals surface area contributed by atoms with Crippen LogP contribution in [0.5, 0.6) is 0 Å². The van der Waals surface area contributed by atoms with Crippen molar-refractivity contribution < 1.29 is 9.13 Å². The molecule has 1 aliphatic rings. The van der Waals surface area contributed by atoms with Crippen LogP contribution in [0.15, 0.2) is 66.9 Å². The number of benzene rings is 2. The Labute approximate surface area is 145 Å². The van der Waals surface area contributed by atoms with E-state index in [1.807, 2.05) is 42.5 Å². The molecule has 2 aromatic carbocycles. The number of anilines is 1. The zero-order valence-corrected chi connectivity index (χ0v) is 13.7. The summed E-state index contributed by atoms with van der Waals surface area (Å²) in [6.07, 6.45) is 1.61. The maximum absolute atomic E-state index is 13.5. The van der Waals surface area contributed by atoms with Gasteiger partial charge in [-0.25, -0.2) is 14.4 Å². The standard InChI is InChI=1S/C20H18FN3O/c21-17-8-4-7-16(13-17)18-14-24(11-12-25-18)19-9-10-22-20(23-19)15-5-2-1-3-6-15/h1-10,13,18H,11-12,14H2. The van der Waals surface area contributed by atoms with Gasteiger partial charge in [0.15, 0.2) is 5.82 Å². The van der Waals surface area contributed by atoms with Crippen LogP contribution < -0.4 is 4.90 Å². The fraction of sp³-hybridized carbons (Fsp3) is 0.200. The SMILES string of the molecule is Fc1cccc(C2CN(c3ccnc(-c4ccccc4)n3)CCO2)c1. The van der Waals surface area contributed by atoms with Crippen LogP contribution in [0, 0.1) is 5.82 Å². The highest BCUT2D eigenvalue weighted by atomic mass is 19.1. The Morgan fingerprint density at radius 3 is 2.76 bits per heavy atom. The van der Waals surface area contributed by atoms with Gasteiger partial charge < -0.3 is 9.64 Å². The molecule has 1 aliphatic heterocycles. The van der Waals surface area contributed by atoms with Gasteiger partial charge in [0.05, 0.1) is 6.61 Å². The number of hydrogen-bond acceptors (Lipinski definition) is 4. The van der Waals surface area contributed by atoms with E-state index in [1.165, 1.54) is 12.1 Å². The largest absolute Gasteiger partial charge is 0.370 e. The lowest BCUT2D eigenvalue weighted by atomic mass is 10.1. The van der Waals surface area contributed by atoms with Crippen LogP contribution in [0.1, 0.15) is 11.7 Å². The molecule has 4 nitrogen and oxygen atoms in total. The average molecular weight is 335 g/mol. The van der Waals surface area contributed by atoms with E-state index in [4.69, 9.17) is 9.72 Å². The van der Waals surface area contributed by atoms with Gasteiger partial charge in [-0.05, 0) is 23.8 Å². The Kier molecular flexibility index (Phi) is 4.39. The smallest absolute Gasteiger partial charge is 0.161 e. The van der Waals surface area contributed by atoms with E-state index in [0.29, 0.717) is 19.0 Å². The van der Waals surface area contributed by atoms with Gasteiger partial charge in [-0.2, -0.15) is 0 Å². The van der Waals surface area contributed by atoms with E-state index in [2.05, 4.69) is 9.88 Å². The molecule has 1 atom stereocenters. The van der Waals surface area contributed by atoms with Crippen LogP contribution in [0.2, 0.25) is 0 Å². The summed E-state index contributed by atoms with van der Waals surface area (Å²) in [4.78, 5) is 11.2. The van der Waals surface area contributed by atoms with Gasteiger partial charge in [0.25, 0.3) is 0 Å². The molecule has 1 fully saturated rings. The van der Waals surface area contributed by atoms with Gasteiger partial charge in [0.1, 0.15) is 17.7 Å². The summed E-state index contributed by atoms with van der Waals surface area (Å²) in [5.41, 5.74) is 1.83. The third-order valence-corrected chi connectivity index (χ3v) is 4.28. The Bertz CT molecular complexity index is 856. The van der Waals surface area contributed by atoms with Crippen molar-refractivity contribution in [2.45, 2.75) is 6.10 Å². The number of ether oxygens (including phenoxy) is 1. The summed E-state index contributed by atoms with van der Waals surface area (Å²) in [6.45, 7) is 1.96. The zero-order chi connectivity index (χ0) is 17.1. The zero-order valence-electron chi connectivity index (χ0n) is 13.7. The Morgan fingerprint density at radius 2 is 1.92 bits per heavy atom. The normalized spacial score (nSPS) is 17.5. The Hall–Kier alpha value is -2.79. The molecule has 126 valence electrons. The second-order valence-corrected chi connectivity index (χ2v) is 5.96. The molecule has 0 saturated carbocycles. The van der Waals surface area contributed by atoms with E-state index < -0.39 is 0 Å². The van der Waals surface area contributed by atoms with Crippen molar-refractivity contribution in [3.05, 3.63) is 78.2 Å². The molecule has 4 rings (SSSR count). The molecule has 0 aliphatic carbocycles. The fourth-order valence-electron chi connectivity index (χ4n) is 3.02. The Balaban J connectivity index is 1.57. The van der Waals surface area contributed by atoms with Crippen molar-refractivity contribution >= 4 is 5.82 Å². The number of halogens is 1. The average Bonchev–Trinajstić information content (AvgIpc) is 2.69. The number of hydrogen-bond donors (Lipinski definition) is 0. The van der Waals surface area contributed by atoms with Crippen molar-refractivity contribution in [3.8, 4) is 11.4 Å². The van der Waals surface area contributed by atoms with Crippen LogP contribution >= 0.6 is 0 Å². The van der Waals surface area contributed by atoms with Crippen LogP contribution in [-0.4, -0.2) is 29.7 Å². The van der Waals surface area contributed by atoms with Crippen molar-refractivity contribution in [3.63, 3.8) is 0 Å². The highest BCUT2D eigenvalue weighted by molar-refractivity contribution is 5.57. The summed E-state index contributed by atoms with van der Waals surface area (Å²) in [5, 5.41) is 0. The van der Waals surface area contributed by atoms with Gasteiger partial charge in [-0.3, -0.25) is 0 Å². The molecule has 3 aromatic rings. The van der Waals surface area contributed by atoms with E-state index in [0.717, 1.165) is 23.5 Å². The van der Waals surface area contributed by atoms with E-state index in [-0.39, 0.29) is 11.9 Å². The van der Waals surface area contributed by atoms with Gasteiger partial charge in [0, 0.05) is 24.8 Å². The van der Waals surface area contributed by atoms with Crippen LogP contribution in [0.4, 0.5) is 10.2 Å². The van der Waals surface area contributed by atoms with Crippen LogP contribution in [0.25, 0.3) is 11.4 Å². The summed E-state index contributed by atoms with van der Waals surface area (Å²) in [6, 6.07) is 18.4. The van der Waals surface area contributed by atoms with E-state index in [9.17, 15) is 4.39 Å². The van der Waals surface area contributed by atoms with Crippen molar-refractivity contribution in [1.82, 2.24) is 9.97 Å². The maximum Gasteiger partial charge on any atom is 0.161 e. The third kappa shape index (κ3) is 3.51. The molecule has 0 spiro atoms. The number of aromatic nitrogens is 2. The molecule has 0 amide bonds. The first-order chi connectivity index (χ1) is 12.3. The first-order valence-corrected chi connectivity index (χ1v) is 8.30. The van der Waals surface area contributed by atoms with Crippen molar-refractivity contribution in [1.29, 1.82) is 0 Å². The van der Waals surface area contributed by atoms with Crippen molar-refractivity contribution in [2.24, 2.45) is 0 Å². The molecule has 25 heavy (non-hydrogen) atoms. The van der Waals surface area contributed by atoms with E-state index >= 15 is 0 Å². The van der Waals surface area contributed by atoms with Gasteiger partial charge in [-0.1, -0.05) is 42.5 Å². The highest BCUT2D eigenvalue weighted by Gasteiger charge is 2.23. The summed E-state index contributed by atoms with van der Waals surface area (Å²) in [5.74, 6) is 1.32. The minimum absolute atomic E-state index is 0.167. The summed E-state index contributed by atoms with van der Waals surface area (Å²) < 4.78 is 19.3. The Morgan fingerprint density at radius 1 is 1.04 bits per heavy atom. The molecule has 2 heterocycles. The van der Waals surface area contributed by atoms with Crippen LogP contribution in [-0.2, 0) is 4.74 Å². The lowest BCUT2D eigenvalue weighted by Crippen LogP contribution is -2.39. The summed E-state index contributed by atoms with van der Waals surface area (Å²) in [7, 11) is 0. The lowest BCUT2D eigenvalue weighted by molar-refractivity contribution is 0.0393. The second kappa shape index (κ2) is 6.99. The molecule has 0 radical (unpaired) electrons. The van der Waals surface area contributed by atoms with Gasteiger partial charge in [0.2, 0.25) is 0 Å². The van der Waals surface area contributed by atoms with Crippen LogP contribution in [0.3, 0.4) is 0 Å². The second-order valence-electron chi connectivity index (χ2n) is 5.96. The third-order valence-electron chi connectivity index (χ3n) is 4.28. The first kappa shape index (κ1) is 15.7. The molecule has 1 unspecified atom stereocenters. The minimum atomic E-state index is -0.244. The quantitative estimate of drug-likeness (QED) is 0.728.